The van der Waals surface area contributed by atoms with Crippen LogP contribution in [0, 0.1) is 20.2 Å². The largest absolute Gasteiger partial charge is 0.457 e. The average molecular weight is 759 g/mol. The molecular weight excluding hydrogens is 725 g/mol. The van der Waals surface area contributed by atoms with Crippen molar-refractivity contribution >= 4 is 22.5 Å². The van der Waals surface area contributed by atoms with Crippen LogP contribution in [0.15, 0.2) is 206 Å². The molecule has 0 aliphatic heterocycles. The van der Waals surface area contributed by atoms with Gasteiger partial charge in [0.25, 0.3) is 11.4 Å². The predicted octanol–water partition coefficient (Wildman–Crippen LogP) is 13.4. The summed E-state index contributed by atoms with van der Waals surface area (Å²) in [5.41, 5.74) is 10.3. The predicted molar refractivity (Wildman–Crippen MR) is 228 cm³/mol. The molecular formula is C50H34N2O6. The molecule has 0 aliphatic carbocycles. The molecule has 8 aromatic rings. The number of rotatable bonds is 12. The lowest BCUT2D eigenvalue weighted by atomic mass is 9.80. The van der Waals surface area contributed by atoms with E-state index in [2.05, 4.69) is 84.9 Å². The van der Waals surface area contributed by atoms with Gasteiger partial charge in [0.2, 0.25) is 0 Å². The van der Waals surface area contributed by atoms with E-state index in [-0.39, 0.29) is 11.4 Å². The van der Waals surface area contributed by atoms with Crippen LogP contribution >= 0.6 is 0 Å². The molecule has 0 unspecified atom stereocenters. The van der Waals surface area contributed by atoms with Gasteiger partial charge in [-0.1, -0.05) is 133 Å². The average Bonchev–Trinajstić information content (AvgIpc) is 3.27. The summed E-state index contributed by atoms with van der Waals surface area (Å²) in [7, 11) is 0. The van der Waals surface area contributed by atoms with Crippen molar-refractivity contribution in [1.82, 2.24) is 0 Å². The zero-order valence-corrected chi connectivity index (χ0v) is 31.0. The van der Waals surface area contributed by atoms with Gasteiger partial charge in [-0.2, -0.15) is 0 Å². The van der Waals surface area contributed by atoms with Gasteiger partial charge in [0.15, 0.2) is 0 Å². The lowest BCUT2D eigenvalue weighted by Gasteiger charge is -2.23. The molecule has 0 amide bonds. The summed E-state index contributed by atoms with van der Waals surface area (Å²) in [4.78, 5) is 21.4. The highest BCUT2D eigenvalue weighted by Crippen LogP contribution is 2.44. The molecule has 0 atom stereocenters. The maximum Gasteiger partial charge on any atom is 0.269 e. The summed E-state index contributed by atoms with van der Waals surface area (Å²) in [6, 6.07) is 65.4. The van der Waals surface area contributed by atoms with E-state index in [0.717, 1.165) is 55.7 Å². The van der Waals surface area contributed by atoms with Crippen LogP contribution in [0.3, 0.4) is 0 Å². The smallest absolute Gasteiger partial charge is 0.269 e. The molecule has 280 valence electrons. The Morgan fingerprint density at radius 2 is 0.655 bits per heavy atom. The lowest BCUT2D eigenvalue weighted by molar-refractivity contribution is -0.385. The van der Waals surface area contributed by atoms with Gasteiger partial charge in [0.1, 0.15) is 23.0 Å². The van der Waals surface area contributed by atoms with E-state index in [1.165, 1.54) is 24.3 Å². The molecule has 0 N–H and O–H groups in total. The first-order valence-electron chi connectivity index (χ1n) is 18.5. The molecule has 58 heavy (non-hydrogen) atoms. The topological polar surface area (TPSA) is 105 Å². The van der Waals surface area contributed by atoms with E-state index in [0.29, 0.717) is 23.0 Å². The number of hydrogen-bond donors (Lipinski definition) is 0. The standard InChI is InChI=1S/C50H34N2O6/c53-51(54)39-23-31-43(32-24-39)57-41-27-19-35(20-28-41)45-15-7-9-17-47(45)50(49(37-11-3-1-4-12-37)38-13-5-2-6-14-38)48-18-10-8-16-46(48)36-21-29-42(30-22-36)58-44-33-25-40(26-34-44)52(55)56/h1-34H. The van der Waals surface area contributed by atoms with Crippen molar-refractivity contribution in [1.29, 1.82) is 0 Å². The molecule has 0 spiro atoms. The fourth-order valence-corrected chi connectivity index (χ4v) is 6.93. The van der Waals surface area contributed by atoms with Gasteiger partial charge in [-0.05, 0) is 104 Å². The van der Waals surface area contributed by atoms with Gasteiger partial charge in [-0.15, -0.1) is 0 Å². The summed E-state index contributed by atoms with van der Waals surface area (Å²) in [5.74, 6) is 2.21. The van der Waals surface area contributed by atoms with E-state index < -0.39 is 9.85 Å². The van der Waals surface area contributed by atoms with Crippen LogP contribution in [0.25, 0.3) is 33.4 Å². The first-order chi connectivity index (χ1) is 28.4. The maximum absolute atomic E-state index is 11.1. The number of hydrogen-bond acceptors (Lipinski definition) is 6. The Labute approximate surface area is 334 Å². The second kappa shape index (κ2) is 16.7. The van der Waals surface area contributed by atoms with Gasteiger partial charge < -0.3 is 9.47 Å². The lowest BCUT2D eigenvalue weighted by Crippen LogP contribution is -2.01. The third-order valence-corrected chi connectivity index (χ3v) is 9.66. The maximum atomic E-state index is 11.1. The molecule has 8 aromatic carbocycles. The Bertz CT molecular complexity index is 2540. The number of ether oxygens (including phenoxy) is 2. The first kappa shape index (κ1) is 36.9. The highest BCUT2D eigenvalue weighted by molar-refractivity contribution is 6.09. The Hall–Kier alpha value is -8.10. The molecule has 0 aliphatic rings. The van der Waals surface area contributed by atoms with E-state index >= 15 is 0 Å². The summed E-state index contributed by atoms with van der Waals surface area (Å²) in [5, 5.41) is 22.3. The van der Waals surface area contributed by atoms with Gasteiger partial charge in [0.05, 0.1) is 9.85 Å². The SMILES string of the molecule is O=[N+]([O-])c1ccc(Oc2ccc(-c3ccccc3C(=C(c3ccccc3)c3ccccc3)c3ccccc3-c3ccc(Oc4ccc([N+](=O)[O-])cc4)cc3)cc2)cc1. The molecule has 0 heterocycles. The zero-order valence-electron chi connectivity index (χ0n) is 31.0. The van der Waals surface area contributed by atoms with Gasteiger partial charge in [-0.3, -0.25) is 20.2 Å². The molecule has 0 aromatic heterocycles. The summed E-state index contributed by atoms with van der Waals surface area (Å²) < 4.78 is 12.1. The summed E-state index contributed by atoms with van der Waals surface area (Å²) in [6.07, 6.45) is 0. The Kier molecular flexibility index (Phi) is 10.6. The Balaban J connectivity index is 1.24. The fourth-order valence-electron chi connectivity index (χ4n) is 6.93. The highest BCUT2D eigenvalue weighted by atomic mass is 16.6. The van der Waals surface area contributed by atoms with Crippen molar-refractivity contribution in [2.24, 2.45) is 0 Å². The van der Waals surface area contributed by atoms with Crippen molar-refractivity contribution in [3.8, 4) is 45.3 Å². The summed E-state index contributed by atoms with van der Waals surface area (Å²) in [6.45, 7) is 0. The minimum Gasteiger partial charge on any atom is -0.457 e. The van der Waals surface area contributed by atoms with Crippen molar-refractivity contribution < 1.29 is 19.3 Å². The number of nitro groups is 2. The van der Waals surface area contributed by atoms with Crippen molar-refractivity contribution in [2.45, 2.75) is 0 Å². The molecule has 8 rings (SSSR count). The molecule has 0 saturated carbocycles. The van der Waals surface area contributed by atoms with E-state index in [9.17, 15) is 20.2 Å². The van der Waals surface area contributed by atoms with Crippen LogP contribution in [0.4, 0.5) is 11.4 Å². The molecule has 8 heteroatoms. The Morgan fingerprint density at radius 3 is 1.00 bits per heavy atom. The summed E-state index contributed by atoms with van der Waals surface area (Å²) >= 11 is 0. The van der Waals surface area contributed by atoms with Crippen LogP contribution < -0.4 is 9.47 Å². The number of nitro benzene ring substituents is 2. The third-order valence-electron chi connectivity index (χ3n) is 9.66. The second-order valence-electron chi connectivity index (χ2n) is 13.3. The minimum absolute atomic E-state index is 0.000764. The van der Waals surface area contributed by atoms with Crippen molar-refractivity contribution in [3.05, 3.63) is 249 Å². The number of nitrogens with zero attached hydrogens (tertiary/aromatic N) is 2. The van der Waals surface area contributed by atoms with Gasteiger partial charge in [-0.25, -0.2) is 0 Å². The van der Waals surface area contributed by atoms with E-state index in [4.69, 9.17) is 9.47 Å². The quantitative estimate of drug-likeness (QED) is 0.0698. The van der Waals surface area contributed by atoms with Crippen LogP contribution in [0.1, 0.15) is 22.3 Å². The monoisotopic (exact) mass is 758 g/mol. The number of benzene rings is 8. The van der Waals surface area contributed by atoms with Crippen LogP contribution in [0.5, 0.6) is 23.0 Å². The molecule has 0 fully saturated rings. The fraction of sp³-hybridized carbons (Fsp3) is 0. The normalized spacial score (nSPS) is 10.7. The van der Waals surface area contributed by atoms with E-state index in [1.54, 1.807) is 24.3 Å². The molecule has 0 radical (unpaired) electrons. The van der Waals surface area contributed by atoms with Crippen LogP contribution in [0.2, 0.25) is 0 Å². The van der Waals surface area contributed by atoms with Crippen molar-refractivity contribution in [2.75, 3.05) is 0 Å². The van der Waals surface area contributed by atoms with Gasteiger partial charge in [0, 0.05) is 24.3 Å². The first-order valence-corrected chi connectivity index (χ1v) is 18.5. The van der Waals surface area contributed by atoms with Crippen LogP contribution in [-0.2, 0) is 0 Å². The number of non-ortho nitro benzene ring substituents is 2. The van der Waals surface area contributed by atoms with Gasteiger partial charge >= 0.3 is 0 Å². The van der Waals surface area contributed by atoms with Crippen LogP contribution in [-0.4, -0.2) is 9.85 Å². The molecule has 0 bridgehead atoms. The zero-order chi connectivity index (χ0) is 39.8. The molecule has 8 nitrogen and oxygen atoms in total. The minimum atomic E-state index is -0.435. The molecule has 0 saturated heterocycles. The second-order valence-corrected chi connectivity index (χ2v) is 13.3. The third kappa shape index (κ3) is 8.12. The highest BCUT2D eigenvalue weighted by Gasteiger charge is 2.22. The Morgan fingerprint density at radius 1 is 0.345 bits per heavy atom. The van der Waals surface area contributed by atoms with Crippen molar-refractivity contribution in [3.63, 3.8) is 0 Å². The van der Waals surface area contributed by atoms with E-state index in [1.807, 2.05) is 72.8 Å².